The Balaban J connectivity index is 2.08. The Kier molecular flexibility index (Phi) is 6.30. The van der Waals surface area contributed by atoms with E-state index in [0.717, 1.165) is 47.8 Å². The van der Waals surface area contributed by atoms with Gasteiger partial charge >= 0.3 is 0 Å². The Morgan fingerprint density at radius 1 is 0.862 bits per heavy atom. The molecule has 29 heavy (non-hydrogen) atoms. The second-order valence-electron chi connectivity index (χ2n) is 10.3. The van der Waals surface area contributed by atoms with Gasteiger partial charge in [-0.15, -0.1) is 0 Å². The van der Waals surface area contributed by atoms with Crippen molar-refractivity contribution in [1.82, 2.24) is 0 Å². The van der Waals surface area contributed by atoms with Crippen LogP contribution in [0.5, 0.6) is 5.75 Å². The molecule has 1 aliphatic rings. The van der Waals surface area contributed by atoms with E-state index in [1.807, 2.05) is 6.07 Å². The molecule has 0 amide bonds. The highest BCUT2D eigenvalue weighted by atomic mass is 31.1. The predicted octanol–water partition coefficient (Wildman–Crippen LogP) is 5.75. The SMILES string of the molecule is CC(C)(C)c1cc(Pc2ccc(F)cc2N2CCCCC2)c(O)c(C(C)(C)C)c1. The molecule has 1 N–H and O–H groups in total. The number of hydrogen-bond donors (Lipinski definition) is 1. The van der Waals surface area contributed by atoms with E-state index in [1.54, 1.807) is 12.1 Å². The Bertz CT molecular complexity index is 874. The molecule has 1 saturated heterocycles. The van der Waals surface area contributed by atoms with Crippen LogP contribution in [0.1, 0.15) is 71.9 Å². The summed E-state index contributed by atoms with van der Waals surface area (Å²) in [6.45, 7) is 15.0. The Hall–Kier alpha value is -1.60. The molecule has 0 saturated carbocycles. The number of nitrogens with zero attached hydrogens (tertiary/aromatic N) is 1. The van der Waals surface area contributed by atoms with Gasteiger partial charge in [0.2, 0.25) is 0 Å². The molecule has 0 radical (unpaired) electrons. The fourth-order valence-corrected chi connectivity index (χ4v) is 5.18. The number of phenols is 1. The third-order valence-corrected chi connectivity index (χ3v) is 7.05. The highest BCUT2D eigenvalue weighted by Crippen LogP contribution is 2.37. The average molecular weight is 416 g/mol. The van der Waals surface area contributed by atoms with Gasteiger partial charge in [-0.1, -0.05) is 56.2 Å². The van der Waals surface area contributed by atoms with Gasteiger partial charge in [-0.05, 0) is 59.9 Å². The van der Waals surface area contributed by atoms with Gasteiger partial charge in [-0.3, -0.25) is 0 Å². The van der Waals surface area contributed by atoms with Crippen LogP contribution in [-0.4, -0.2) is 18.2 Å². The molecule has 3 rings (SSSR count). The molecule has 0 aromatic heterocycles. The monoisotopic (exact) mass is 415 g/mol. The quantitative estimate of drug-likeness (QED) is 0.646. The van der Waals surface area contributed by atoms with Gasteiger partial charge in [0, 0.05) is 34.9 Å². The van der Waals surface area contributed by atoms with Crippen molar-refractivity contribution >= 4 is 24.9 Å². The first-order valence-electron chi connectivity index (χ1n) is 10.7. The Morgan fingerprint density at radius 2 is 1.52 bits per heavy atom. The number of aromatic hydroxyl groups is 1. The number of phenolic OH excluding ortho intramolecular Hbond substituents is 1. The lowest BCUT2D eigenvalue weighted by Crippen LogP contribution is -2.32. The van der Waals surface area contributed by atoms with Crippen LogP contribution in [0.2, 0.25) is 0 Å². The Labute approximate surface area is 177 Å². The molecular formula is C25H35FNOP. The maximum Gasteiger partial charge on any atom is 0.127 e. The van der Waals surface area contributed by atoms with Crippen LogP contribution in [0, 0.1) is 5.82 Å². The molecule has 1 unspecified atom stereocenters. The van der Waals surface area contributed by atoms with Crippen LogP contribution in [0.4, 0.5) is 10.1 Å². The molecule has 0 spiro atoms. The summed E-state index contributed by atoms with van der Waals surface area (Å²) < 4.78 is 14.1. The summed E-state index contributed by atoms with van der Waals surface area (Å²) in [7, 11) is 0.288. The van der Waals surface area contributed by atoms with Crippen LogP contribution in [0.25, 0.3) is 0 Å². The summed E-state index contributed by atoms with van der Waals surface area (Å²) in [5.74, 6) is 0.194. The average Bonchev–Trinajstić information content (AvgIpc) is 2.63. The van der Waals surface area contributed by atoms with Gasteiger partial charge in [0.15, 0.2) is 0 Å². The molecule has 158 valence electrons. The van der Waals surface area contributed by atoms with Crippen molar-refractivity contribution in [2.75, 3.05) is 18.0 Å². The van der Waals surface area contributed by atoms with Gasteiger partial charge in [-0.25, -0.2) is 4.39 Å². The second kappa shape index (κ2) is 8.26. The molecule has 2 nitrogen and oxygen atoms in total. The van der Waals surface area contributed by atoms with Gasteiger partial charge in [0.1, 0.15) is 11.6 Å². The summed E-state index contributed by atoms with van der Waals surface area (Å²) in [6.07, 6.45) is 3.54. The van der Waals surface area contributed by atoms with Crippen molar-refractivity contribution in [3.8, 4) is 5.75 Å². The number of hydrogen-bond acceptors (Lipinski definition) is 2. The summed E-state index contributed by atoms with van der Waals surface area (Å²) >= 11 is 0. The number of rotatable bonds is 3. The van der Waals surface area contributed by atoms with E-state index in [2.05, 4.69) is 58.6 Å². The smallest absolute Gasteiger partial charge is 0.127 e. The fourth-order valence-electron chi connectivity index (χ4n) is 3.89. The summed E-state index contributed by atoms with van der Waals surface area (Å²) in [4.78, 5) is 2.31. The number of benzene rings is 2. The van der Waals surface area contributed by atoms with Crippen LogP contribution in [-0.2, 0) is 10.8 Å². The van der Waals surface area contributed by atoms with Crippen molar-refractivity contribution in [3.05, 3.63) is 47.3 Å². The van der Waals surface area contributed by atoms with Crippen LogP contribution in [0.15, 0.2) is 30.3 Å². The van der Waals surface area contributed by atoms with Crippen molar-refractivity contribution in [1.29, 1.82) is 0 Å². The minimum absolute atomic E-state index is 0.00851. The maximum absolute atomic E-state index is 14.1. The minimum Gasteiger partial charge on any atom is -0.507 e. The fraction of sp³-hybridized carbons (Fsp3) is 0.520. The van der Waals surface area contributed by atoms with E-state index in [0.29, 0.717) is 5.75 Å². The number of halogens is 1. The predicted molar refractivity (Wildman–Crippen MR) is 126 cm³/mol. The standard InChI is InChI=1S/C25H35FNOP/c1-24(2,3)17-14-19(25(4,5)6)23(28)22(15-17)29-21-11-10-18(26)16-20(21)27-12-8-7-9-13-27/h10-11,14-16,28-29H,7-9,12-13H2,1-6H3. The molecule has 2 aromatic carbocycles. The van der Waals surface area contributed by atoms with Crippen LogP contribution >= 0.6 is 8.58 Å². The molecule has 2 aromatic rings. The zero-order valence-electron chi connectivity index (χ0n) is 18.7. The minimum atomic E-state index is -0.192. The van der Waals surface area contributed by atoms with E-state index >= 15 is 0 Å². The summed E-state index contributed by atoms with van der Waals surface area (Å²) in [6, 6.07) is 9.41. The van der Waals surface area contributed by atoms with E-state index in [9.17, 15) is 9.50 Å². The lowest BCUT2D eigenvalue weighted by molar-refractivity contribution is 0.449. The van der Waals surface area contributed by atoms with Gasteiger partial charge in [0.05, 0.1) is 0 Å². The number of anilines is 1. The van der Waals surface area contributed by atoms with Crippen molar-refractivity contribution in [2.45, 2.75) is 71.6 Å². The molecule has 1 heterocycles. The third-order valence-electron chi connectivity index (χ3n) is 5.71. The Morgan fingerprint density at radius 3 is 2.10 bits per heavy atom. The molecule has 0 bridgehead atoms. The van der Waals surface area contributed by atoms with E-state index in [1.165, 1.54) is 12.0 Å². The molecule has 4 heteroatoms. The lowest BCUT2D eigenvalue weighted by atomic mass is 9.80. The first-order chi connectivity index (χ1) is 13.5. The first-order valence-corrected chi connectivity index (χ1v) is 11.7. The normalized spacial score (nSPS) is 16.0. The summed E-state index contributed by atoms with van der Waals surface area (Å²) in [5, 5.41) is 13.2. The van der Waals surface area contributed by atoms with Gasteiger partial charge in [0.25, 0.3) is 0 Å². The zero-order chi connectivity index (χ0) is 21.4. The topological polar surface area (TPSA) is 23.5 Å². The van der Waals surface area contributed by atoms with Crippen LogP contribution < -0.4 is 15.5 Å². The molecule has 1 atom stereocenters. The maximum atomic E-state index is 14.1. The molecular weight excluding hydrogens is 380 g/mol. The zero-order valence-corrected chi connectivity index (χ0v) is 19.7. The van der Waals surface area contributed by atoms with Crippen LogP contribution in [0.3, 0.4) is 0 Å². The molecule has 0 aliphatic carbocycles. The summed E-state index contributed by atoms with van der Waals surface area (Å²) in [5.41, 5.74) is 3.04. The van der Waals surface area contributed by atoms with Crippen molar-refractivity contribution in [3.63, 3.8) is 0 Å². The van der Waals surface area contributed by atoms with E-state index < -0.39 is 0 Å². The van der Waals surface area contributed by atoms with Gasteiger partial charge < -0.3 is 10.0 Å². The highest BCUT2D eigenvalue weighted by molar-refractivity contribution is 7.56. The lowest BCUT2D eigenvalue weighted by Gasteiger charge is -2.31. The second-order valence-corrected chi connectivity index (χ2v) is 11.6. The van der Waals surface area contributed by atoms with E-state index in [4.69, 9.17) is 0 Å². The molecule has 1 fully saturated rings. The highest BCUT2D eigenvalue weighted by Gasteiger charge is 2.26. The van der Waals surface area contributed by atoms with Gasteiger partial charge in [-0.2, -0.15) is 0 Å². The van der Waals surface area contributed by atoms with E-state index in [-0.39, 0.29) is 25.2 Å². The number of piperidine rings is 1. The first kappa shape index (κ1) is 22.1. The molecule has 1 aliphatic heterocycles. The third kappa shape index (κ3) is 5.12. The largest absolute Gasteiger partial charge is 0.507 e. The van der Waals surface area contributed by atoms with Crippen molar-refractivity contribution in [2.24, 2.45) is 0 Å². The van der Waals surface area contributed by atoms with Crippen molar-refractivity contribution < 1.29 is 9.50 Å².